The van der Waals surface area contributed by atoms with Crippen molar-refractivity contribution in [1.29, 1.82) is 0 Å². The number of amides is 1. The summed E-state index contributed by atoms with van der Waals surface area (Å²) in [5.74, 6) is 0.271. The maximum absolute atomic E-state index is 13.1. The van der Waals surface area contributed by atoms with E-state index in [9.17, 15) is 9.18 Å². The molecular weight excluding hydrogens is 483 g/mol. The fourth-order valence-electron chi connectivity index (χ4n) is 5.19. The summed E-state index contributed by atoms with van der Waals surface area (Å²) in [6.07, 6.45) is 5.35. The summed E-state index contributed by atoms with van der Waals surface area (Å²) in [5.41, 5.74) is 5.38. The number of pyridine rings is 2. The molecule has 5 heterocycles. The average molecular weight is 515 g/mol. The molecule has 1 amide bonds. The Morgan fingerprint density at radius 3 is 2.71 bits per heavy atom. The third-order valence-electron chi connectivity index (χ3n) is 7.45. The van der Waals surface area contributed by atoms with Crippen molar-refractivity contribution in [3.63, 3.8) is 0 Å². The topological polar surface area (TPSA) is 82.4 Å². The first kappa shape index (κ1) is 24.4. The number of carbonyl (C=O) groups is 1. The van der Waals surface area contributed by atoms with Gasteiger partial charge in [-0.3, -0.25) is 19.4 Å². The van der Waals surface area contributed by atoms with Gasteiger partial charge in [-0.25, -0.2) is 9.37 Å². The Hall–Kier alpha value is -3.89. The van der Waals surface area contributed by atoms with Crippen LogP contribution in [0.3, 0.4) is 0 Å². The molecule has 3 aromatic heterocycles. The first-order valence-electron chi connectivity index (χ1n) is 13.0. The van der Waals surface area contributed by atoms with E-state index >= 15 is 0 Å². The first-order chi connectivity index (χ1) is 18.6. The lowest BCUT2D eigenvalue weighted by molar-refractivity contribution is 0.102. The Bertz CT molecular complexity index is 1460. The van der Waals surface area contributed by atoms with Crippen molar-refractivity contribution >= 4 is 28.3 Å². The number of nitrogens with zero attached hydrogens (tertiary/aromatic N) is 7. The molecule has 38 heavy (non-hydrogen) atoms. The molecule has 4 aromatic rings. The number of alkyl halides is 1. The summed E-state index contributed by atoms with van der Waals surface area (Å²) in [4.78, 5) is 28.8. The Kier molecular flexibility index (Phi) is 6.73. The lowest BCUT2D eigenvalue weighted by atomic mass is 10.1. The number of likely N-dealkylation sites (N-methyl/N-ethyl adjacent to an activating group) is 1. The third-order valence-corrected chi connectivity index (χ3v) is 7.45. The van der Waals surface area contributed by atoms with Crippen molar-refractivity contribution in [2.75, 3.05) is 63.2 Å². The van der Waals surface area contributed by atoms with E-state index in [0.29, 0.717) is 24.5 Å². The molecule has 0 aliphatic carbocycles. The van der Waals surface area contributed by atoms with Crippen molar-refractivity contribution in [1.82, 2.24) is 29.5 Å². The predicted octanol–water partition coefficient (Wildman–Crippen LogP) is 3.28. The minimum absolute atomic E-state index is 0.199. The number of rotatable bonds is 6. The highest BCUT2D eigenvalue weighted by atomic mass is 19.1. The molecule has 0 unspecified atom stereocenters. The average Bonchev–Trinajstić information content (AvgIpc) is 3.37. The van der Waals surface area contributed by atoms with Crippen LogP contribution in [0.4, 0.5) is 15.9 Å². The van der Waals surface area contributed by atoms with Crippen LogP contribution in [0.15, 0.2) is 55.0 Å². The molecule has 0 radical (unpaired) electrons. The number of halogens is 1. The number of anilines is 2. The van der Waals surface area contributed by atoms with E-state index < -0.39 is 0 Å². The second-order valence-electron chi connectivity index (χ2n) is 9.97. The Morgan fingerprint density at radius 2 is 1.87 bits per heavy atom. The normalized spacial score (nSPS) is 16.5. The summed E-state index contributed by atoms with van der Waals surface area (Å²) < 4.78 is 14.9. The number of aromatic nitrogens is 4. The van der Waals surface area contributed by atoms with E-state index in [1.165, 1.54) is 0 Å². The van der Waals surface area contributed by atoms with Crippen LogP contribution in [0.2, 0.25) is 0 Å². The molecule has 10 heteroatoms. The fourth-order valence-corrected chi connectivity index (χ4v) is 5.19. The van der Waals surface area contributed by atoms with Gasteiger partial charge in [0, 0.05) is 79.8 Å². The SMILES string of the molecule is CN1CCN(c2cccc(C(=O)Nc3cc4cc(-c5cnn6c5CN(CCF)CC6)cnc4cn3)c2)CC1. The number of hydrogen-bond donors (Lipinski definition) is 1. The second-order valence-corrected chi connectivity index (χ2v) is 9.97. The maximum Gasteiger partial charge on any atom is 0.256 e. The van der Waals surface area contributed by atoms with E-state index in [0.717, 1.165) is 72.7 Å². The van der Waals surface area contributed by atoms with Gasteiger partial charge in [0.2, 0.25) is 0 Å². The fraction of sp³-hybridized carbons (Fsp3) is 0.357. The lowest BCUT2D eigenvalue weighted by Gasteiger charge is -2.34. The van der Waals surface area contributed by atoms with Crippen LogP contribution in [-0.4, -0.2) is 88.4 Å². The van der Waals surface area contributed by atoms with Gasteiger partial charge >= 0.3 is 0 Å². The van der Waals surface area contributed by atoms with Crippen LogP contribution in [0.25, 0.3) is 22.0 Å². The molecule has 1 aromatic carbocycles. The summed E-state index contributed by atoms with van der Waals surface area (Å²) in [6, 6.07) is 11.6. The van der Waals surface area contributed by atoms with E-state index in [1.807, 2.05) is 47.4 Å². The van der Waals surface area contributed by atoms with Gasteiger partial charge < -0.3 is 15.1 Å². The van der Waals surface area contributed by atoms with Crippen molar-refractivity contribution < 1.29 is 9.18 Å². The van der Waals surface area contributed by atoms with Crippen molar-refractivity contribution in [3.05, 3.63) is 66.2 Å². The van der Waals surface area contributed by atoms with Crippen LogP contribution in [0.5, 0.6) is 0 Å². The highest BCUT2D eigenvalue weighted by Crippen LogP contribution is 2.29. The van der Waals surface area contributed by atoms with Crippen molar-refractivity contribution in [2.45, 2.75) is 13.1 Å². The Labute approximate surface area is 220 Å². The molecule has 9 nitrogen and oxygen atoms in total. The third kappa shape index (κ3) is 4.97. The predicted molar refractivity (Wildman–Crippen MR) is 146 cm³/mol. The zero-order chi connectivity index (χ0) is 26.1. The minimum Gasteiger partial charge on any atom is -0.369 e. The number of carbonyl (C=O) groups excluding carboxylic acids is 1. The molecule has 196 valence electrons. The molecular formula is C28H31FN8O. The van der Waals surface area contributed by atoms with Gasteiger partial charge in [0.25, 0.3) is 5.91 Å². The van der Waals surface area contributed by atoms with Crippen molar-refractivity contribution in [3.8, 4) is 11.1 Å². The van der Waals surface area contributed by atoms with Gasteiger partial charge in [-0.15, -0.1) is 0 Å². The number of benzene rings is 1. The maximum atomic E-state index is 13.1. The van der Waals surface area contributed by atoms with Crippen molar-refractivity contribution in [2.24, 2.45) is 0 Å². The molecule has 6 rings (SSSR count). The number of hydrogen-bond acceptors (Lipinski definition) is 7. The van der Waals surface area contributed by atoms with Crippen LogP contribution in [-0.2, 0) is 13.1 Å². The zero-order valence-corrected chi connectivity index (χ0v) is 21.5. The van der Waals surface area contributed by atoms with Crippen LogP contribution in [0.1, 0.15) is 16.1 Å². The van der Waals surface area contributed by atoms with E-state index in [2.05, 4.69) is 48.2 Å². The van der Waals surface area contributed by atoms with Gasteiger partial charge in [-0.1, -0.05) is 6.07 Å². The molecule has 0 bridgehead atoms. The number of fused-ring (bicyclic) bond motifs is 2. The van der Waals surface area contributed by atoms with Gasteiger partial charge in [-0.2, -0.15) is 5.10 Å². The lowest BCUT2D eigenvalue weighted by Crippen LogP contribution is -2.44. The van der Waals surface area contributed by atoms with Crippen LogP contribution >= 0.6 is 0 Å². The standard InChI is InChI=1S/C28H31FN8O/c1-34-7-10-36(11-8-34)23-4-2-3-20(14-23)28(38)33-27-15-21-13-22(16-30-25(21)18-31-27)24-17-32-37-12-9-35(6-5-29)19-26(24)37/h2-4,13-18H,5-12,19H2,1H3,(H,31,33,38). The number of nitrogens with one attached hydrogen (secondary N) is 1. The molecule has 1 fully saturated rings. The molecule has 1 N–H and O–H groups in total. The number of piperazine rings is 1. The smallest absolute Gasteiger partial charge is 0.256 e. The monoisotopic (exact) mass is 514 g/mol. The van der Waals surface area contributed by atoms with E-state index in [4.69, 9.17) is 0 Å². The van der Waals surface area contributed by atoms with Crippen LogP contribution < -0.4 is 10.2 Å². The minimum atomic E-state index is -0.358. The highest BCUT2D eigenvalue weighted by Gasteiger charge is 2.21. The summed E-state index contributed by atoms with van der Waals surface area (Å²) >= 11 is 0. The summed E-state index contributed by atoms with van der Waals surface area (Å²) in [7, 11) is 2.13. The molecule has 2 aliphatic heterocycles. The van der Waals surface area contributed by atoms with Gasteiger partial charge in [0.15, 0.2) is 0 Å². The first-order valence-corrected chi connectivity index (χ1v) is 13.0. The molecule has 0 atom stereocenters. The summed E-state index contributed by atoms with van der Waals surface area (Å²) in [6.45, 7) is 6.15. The van der Waals surface area contributed by atoms with Crippen LogP contribution in [0, 0.1) is 0 Å². The Balaban J connectivity index is 1.22. The van der Waals surface area contributed by atoms with E-state index in [1.54, 1.807) is 6.20 Å². The zero-order valence-electron chi connectivity index (χ0n) is 21.5. The van der Waals surface area contributed by atoms with Gasteiger partial charge in [0.05, 0.1) is 30.1 Å². The van der Waals surface area contributed by atoms with Gasteiger partial charge in [-0.05, 0) is 37.4 Å². The van der Waals surface area contributed by atoms with Gasteiger partial charge in [0.1, 0.15) is 12.5 Å². The second kappa shape index (κ2) is 10.5. The molecule has 0 saturated carbocycles. The molecule has 0 spiro atoms. The summed E-state index contributed by atoms with van der Waals surface area (Å²) in [5, 5.41) is 8.36. The quantitative estimate of drug-likeness (QED) is 0.423. The largest absolute Gasteiger partial charge is 0.369 e. The molecule has 2 aliphatic rings. The Morgan fingerprint density at radius 1 is 1.00 bits per heavy atom. The molecule has 1 saturated heterocycles. The highest BCUT2D eigenvalue weighted by molar-refractivity contribution is 6.05. The van der Waals surface area contributed by atoms with E-state index in [-0.39, 0.29) is 12.6 Å².